The summed E-state index contributed by atoms with van der Waals surface area (Å²) in [6.07, 6.45) is 0. The Labute approximate surface area is 106 Å². The van der Waals surface area contributed by atoms with E-state index in [4.69, 9.17) is 16.4 Å². The molecule has 9 heteroatoms. The smallest absolute Gasteiger partial charge is 0.293 e. The number of nitro groups is 1. The van der Waals surface area contributed by atoms with Gasteiger partial charge in [-0.15, -0.1) is 0 Å². The largest absolute Gasteiger partial charge is 0.359 e. The average molecular weight is 289 g/mol. The Hall–Kier alpha value is -2.11. The van der Waals surface area contributed by atoms with E-state index in [2.05, 4.69) is 5.92 Å². The second kappa shape index (κ2) is 5.03. The summed E-state index contributed by atoms with van der Waals surface area (Å²) >= 11 is 0. The molecule has 0 saturated carbocycles. The molecule has 1 amide bonds. The first-order valence-electron chi connectivity index (χ1n) is 4.26. The molecule has 1 rings (SSSR count). The second-order valence-electron chi connectivity index (χ2n) is 3.02. The molecule has 0 heterocycles. The molecule has 0 aromatic heterocycles. The highest BCUT2D eigenvalue weighted by atomic mass is 35.7. The van der Waals surface area contributed by atoms with E-state index in [9.17, 15) is 23.3 Å². The van der Waals surface area contributed by atoms with Gasteiger partial charge in [0, 0.05) is 28.4 Å². The van der Waals surface area contributed by atoms with Crippen LogP contribution in [0.3, 0.4) is 0 Å². The first kappa shape index (κ1) is 14.0. The van der Waals surface area contributed by atoms with Crippen LogP contribution in [0.15, 0.2) is 23.1 Å². The number of nitro benzene ring substituents is 1. The fourth-order valence-electron chi connectivity index (χ4n) is 1.04. The molecule has 0 spiro atoms. The van der Waals surface area contributed by atoms with Gasteiger partial charge < -0.3 is 5.73 Å². The monoisotopic (exact) mass is 288 g/mol. The van der Waals surface area contributed by atoms with Crippen molar-refractivity contribution >= 4 is 31.3 Å². The van der Waals surface area contributed by atoms with Gasteiger partial charge in [-0.1, -0.05) is 5.92 Å². The molecule has 0 fully saturated rings. The summed E-state index contributed by atoms with van der Waals surface area (Å²) in [5.41, 5.74) is 4.21. The number of amides is 1. The third-order valence-electron chi connectivity index (χ3n) is 1.71. The number of carbonyl (C=O) groups excluding carboxylic acids is 1. The Morgan fingerprint density at radius 2 is 2.00 bits per heavy atom. The quantitative estimate of drug-likeness (QED) is 0.364. The number of nitrogens with two attached hydrogens (primary N) is 1. The maximum absolute atomic E-state index is 11.1. The van der Waals surface area contributed by atoms with Gasteiger partial charge in [0.05, 0.1) is 9.82 Å². The molecule has 0 saturated heterocycles. The summed E-state index contributed by atoms with van der Waals surface area (Å²) in [6.45, 7) is 0. The van der Waals surface area contributed by atoms with E-state index in [1.807, 2.05) is 5.92 Å². The van der Waals surface area contributed by atoms with Crippen molar-refractivity contribution in [3.8, 4) is 11.8 Å². The molecule has 2 N–H and O–H groups in total. The zero-order chi connectivity index (χ0) is 13.9. The third kappa shape index (κ3) is 3.73. The lowest BCUT2D eigenvalue weighted by molar-refractivity contribution is -0.385. The molecule has 0 aliphatic rings. The molecule has 0 bridgehead atoms. The van der Waals surface area contributed by atoms with Crippen molar-refractivity contribution in [1.29, 1.82) is 0 Å². The topological polar surface area (TPSA) is 120 Å². The molecule has 0 unspecified atom stereocenters. The van der Waals surface area contributed by atoms with E-state index in [1.54, 1.807) is 0 Å². The van der Waals surface area contributed by atoms with Crippen LogP contribution in [0.5, 0.6) is 0 Å². The Kier molecular flexibility index (Phi) is 3.90. The normalized spacial score (nSPS) is 10.3. The van der Waals surface area contributed by atoms with Crippen molar-refractivity contribution in [2.75, 3.05) is 0 Å². The minimum atomic E-state index is -4.14. The summed E-state index contributed by atoms with van der Waals surface area (Å²) in [6, 6.07) is 2.80. The van der Waals surface area contributed by atoms with Crippen molar-refractivity contribution in [3.63, 3.8) is 0 Å². The number of nitrogens with zero attached hydrogens (tertiary/aromatic N) is 1. The molecule has 0 atom stereocenters. The first-order valence-corrected chi connectivity index (χ1v) is 6.56. The molecule has 1 aromatic carbocycles. The lowest BCUT2D eigenvalue weighted by Crippen LogP contribution is -2.06. The van der Waals surface area contributed by atoms with Crippen molar-refractivity contribution in [1.82, 2.24) is 0 Å². The van der Waals surface area contributed by atoms with E-state index >= 15 is 0 Å². The van der Waals surface area contributed by atoms with Gasteiger partial charge >= 0.3 is 0 Å². The average Bonchev–Trinajstić information content (AvgIpc) is 2.24. The fraction of sp³-hybridized carbons (Fsp3) is 0. The Balaban J connectivity index is 3.47. The van der Waals surface area contributed by atoms with Crippen molar-refractivity contribution < 1.29 is 18.1 Å². The van der Waals surface area contributed by atoms with Gasteiger partial charge in [-0.2, -0.15) is 0 Å². The standard InChI is InChI=1S/C9H5ClN2O5S/c10-18(16,17)8-4-6(1-2-9(11)13)3-7(5-8)12(14)15/h3-5H,(H2,11,13). The second-order valence-corrected chi connectivity index (χ2v) is 5.59. The number of primary amides is 1. The number of rotatable bonds is 2. The van der Waals surface area contributed by atoms with Crippen LogP contribution in [-0.4, -0.2) is 19.2 Å². The van der Waals surface area contributed by atoms with E-state index < -0.39 is 30.5 Å². The van der Waals surface area contributed by atoms with Crippen LogP contribution in [0, 0.1) is 22.0 Å². The molecule has 1 aromatic rings. The number of benzene rings is 1. The van der Waals surface area contributed by atoms with Crippen LogP contribution >= 0.6 is 10.7 Å². The summed E-state index contributed by atoms with van der Waals surface area (Å²) in [4.78, 5) is 19.8. The van der Waals surface area contributed by atoms with Gasteiger partial charge in [0.1, 0.15) is 0 Å². The maximum atomic E-state index is 11.1. The molecule has 0 radical (unpaired) electrons. The number of carbonyl (C=O) groups is 1. The van der Waals surface area contributed by atoms with Gasteiger partial charge in [0.15, 0.2) is 0 Å². The number of hydrogen-bond donors (Lipinski definition) is 1. The predicted octanol–water partition coefficient (Wildman–Crippen LogP) is 0.359. The van der Waals surface area contributed by atoms with Crippen LogP contribution in [0.25, 0.3) is 0 Å². The van der Waals surface area contributed by atoms with E-state index in [0.29, 0.717) is 0 Å². The molecular weight excluding hydrogens is 284 g/mol. The summed E-state index contributed by atoms with van der Waals surface area (Å²) in [5, 5.41) is 10.6. The Morgan fingerprint density at radius 1 is 1.39 bits per heavy atom. The predicted molar refractivity (Wildman–Crippen MR) is 62.2 cm³/mol. The summed E-state index contributed by atoms with van der Waals surface area (Å²) in [7, 11) is 0.944. The molecule has 94 valence electrons. The summed E-state index contributed by atoms with van der Waals surface area (Å²) in [5.74, 6) is 3.19. The minimum Gasteiger partial charge on any atom is -0.359 e. The van der Waals surface area contributed by atoms with E-state index in [1.165, 1.54) is 0 Å². The zero-order valence-corrected chi connectivity index (χ0v) is 10.2. The van der Waals surface area contributed by atoms with E-state index in [-0.39, 0.29) is 5.56 Å². The maximum Gasteiger partial charge on any atom is 0.293 e. The molecule has 0 aliphatic heterocycles. The highest BCUT2D eigenvalue weighted by Gasteiger charge is 2.16. The molecular formula is C9H5ClN2O5S. The van der Waals surface area contributed by atoms with Crippen LogP contribution in [0.1, 0.15) is 5.56 Å². The third-order valence-corrected chi connectivity index (χ3v) is 3.05. The number of hydrogen-bond acceptors (Lipinski definition) is 5. The highest BCUT2D eigenvalue weighted by molar-refractivity contribution is 8.13. The van der Waals surface area contributed by atoms with Crippen LogP contribution in [0.2, 0.25) is 0 Å². The molecule has 7 nitrogen and oxygen atoms in total. The lowest BCUT2D eigenvalue weighted by atomic mass is 10.2. The zero-order valence-electron chi connectivity index (χ0n) is 8.58. The van der Waals surface area contributed by atoms with Crippen LogP contribution < -0.4 is 5.73 Å². The Bertz CT molecular complexity index is 687. The van der Waals surface area contributed by atoms with Crippen molar-refractivity contribution in [2.45, 2.75) is 4.90 Å². The van der Waals surface area contributed by atoms with E-state index in [0.717, 1.165) is 18.2 Å². The van der Waals surface area contributed by atoms with Crippen molar-refractivity contribution in [2.24, 2.45) is 5.73 Å². The van der Waals surface area contributed by atoms with Gasteiger partial charge in [0.25, 0.3) is 20.6 Å². The molecule has 0 aliphatic carbocycles. The fourth-order valence-corrected chi connectivity index (χ4v) is 1.83. The molecule has 18 heavy (non-hydrogen) atoms. The van der Waals surface area contributed by atoms with Gasteiger partial charge in [-0.3, -0.25) is 14.9 Å². The summed E-state index contributed by atoms with van der Waals surface area (Å²) < 4.78 is 22.2. The Morgan fingerprint density at radius 3 is 2.44 bits per heavy atom. The van der Waals surface area contributed by atoms with Gasteiger partial charge in [0.2, 0.25) is 0 Å². The lowest BCUT2D eigenvalue weighted by Gasteiger charge is -1.98. The SMILES string of the molecule is NC(=O)C#Cc1cc([N+](=O)[O-])cc(S(=O)(=O)Cl)c1. The van der Waals surface area contributed by atoms with Gasteiger partial charge in [-0.05, 0) is 12.0 Å². The van der Waals surface area contributed by atoms with Crippen LogP contribution in [0.4, 0.5) is 5.69 Å². The first-order chi connectivity index (χ1) is 8.20. The minimum absolute atomic E-state index is 0.0535. The number of non-ortho nitro benzene ring substituents is 1. The highest BCUT2D eigenvalue weighted by Crippen LogP contribution is 2.22. The number of halogens is 1. The van der Waals surface area contributed by atoms with Crippen molar-refractivity contribution in [3.05, 3.63) is 33.9 Å². The van der Waals surface area contributed by atoms with Gasteiger partial charge in [-0.25, -0.2) is 8.42 Å². The van der Waals surface area contributed by atoms with Crippen LogP contribution in [-0.2, 0) is 13.8 Å².